The molecule has 1 aromatic rings. The first-order chi connectivity index (χ1) is 9.34. The third-order valence-electron chi connectivity index (χ3n) is 4.35. The summed E-state index contributed by atoms with van der Waals surface area (Å²) in [6.07, 6.45) is 4.04. The van der Waals surface area contributed by atoms with Crippen LogP contribution < -0.4 is 10.2 Å². The van der Waals surface area contributed by atoms with Crippen LogP contribution in [0.5, 0.6) is 0 Å². The maximum Gasteiger partial charge on any atom is 0.0726 e. The first-order valence-corrected chi connectivity index (χ1v) is 7.52. The van der Waals surface area contributed by atoms with Gasteiger partial charge in [0.05, 0.1) is 6.10 Å². The number of fused-ring (bicyclic) bond motifs is 1. The zero-order valence-electron chi connectivity index (χ0n) is 11.8. The van der Waals surface area contributed by atoms with E-state index in [1.807, 2.05) is 0 Å². The smallest absolute Gasteiger partial charge is 0.0726 e. The lowest BCUT2D eigenvalue weighted by molar-refractivity contribution is 0.0841. The van der Waals surface area contributed by atoms with E-state index in [9.17, 15) is 0 Å². The van der Waals surface area contributed by atoms with E-state index < -0.39 is 0 Å². The van der Waals surface area contributed by atoms with Crippen LogP contribution in [0.1, 0.15) is 25.3 Å². The van der Waals surface area contributed by atoms with Crippen molar-refractivity contribution in [3.63, 3.8) is 0 Å². The summed E-state index contributed by atoms with van der Waals surface area (Å²) in [4.78, 5) is 2.49. The Labute approximate surface area is 115 Å². The summed E-state index contributed by atoms with van der Waals surface area (Å²) in [5, 5.41) is 3.62. The van der Waals surface area contributed by atoms with Crippen LogP contribution in [-0.2, 0) is 11.2 Å². The van der Waals surface area contributed by atoms with Crippen LogP contribution in [0.3, 0.4) is 0 Å². The highest BCUT2D eigenvalue weighted by Gasteiger charge is 2.22. The third-order valence-corrected chi connectivity index (χ3v) is 4.35. The van der Waals surface area contributed by atoms with Gasteiger partial charge in [0.2, 0.25) is 0 Å². The highest BCUT2D eigenvalue weighted by atomic mass is 16.5. The molecule has 3 rings (SSSR count). The molecule has 19 heavy (non-hydrogen) atoms. The van der Waals surface area contributed by atoms with Crippen LogP contribution in [-0.4, -0.2) is 38.4 Å². The number of para-hydroxylation sites is 1. The molecule has 1 saturated heterocycles. The van der Waals surface area contributed by atoms with Gasteiger partial charge in [-0.3, -0.25) is 0 Å². The molecule has 0 aliphatic carbocycles. The molecular formula is C16H24N2O. The number of hydrogen-bond donors (Lipinski definition) is 1. The van der Waals surface area contributed by atoms with E-state index in [4.69, 9.17) is 4.74 Å². The highest BCUT2D eigenvalue weighted by Crippen LogP contribution is 2.26. The number of nitrogens with zero attached hydrogens (tertiary/aromatic N) is 1. The van der Waals surface area contributed by atoms with Crippen molar-refractivity contribution in [2.45, 2.75) is 38.3 Å². The number of rotatable bonds is 5. The second-order valence-electron chi connectivity index (χ2n) is 5.66. The van der Waals surface area contributed by atoms with E-state index in [-0.39, 0.29) is 0 Å². The first-order valence-electron chi connectivity index (χ1n) is 7.52. The summed E-state index contributed by atoms with van der Waals surface area (Å²) >= 11 is 0. The number of benzene rings is 1. The van der Waals surface area contributed by atoms with Crippen molar-refractivity contribution in [1.29, 1.82) is 0 Å². The van der Waals surface area contributed by atoms with Gasteiger partial charge in [0, 0.05) is 38.0 Å². The van der Waals surface area contributed by atoms with E-state index in [0.29, 0.717) is 12.1 Å². The van der Waals surface area contributed by atoms with Crippen molar-refractivity contribution in [3.8, 4) is 0 Å². The fourth-order valence-corrected chi connectivity index (χ4v) is 3.19. The van der Waals surface area contributed by atoms with Crippen molar-refractivity contribution in [2.75, 3.05) is 31.1 Å². The molecule has 2 heterocycles. The molecule has 2 unspecified atom stereocenters. The van der Waals surface area contributed by atoms with Crippen molar-refractivity contribution in [3.05, 3.63) is 29.8 Å². The zero-order chi connectivity index (χ0) is 13.1. The van der Waals surface area contributed by atoms with Crippen LogP contribution in [0.25, 0.3) is 0 Å². The Morgan fingerprint density at radius 2 is 2.32 bits per heavy atom. The van der Waals surface area contributed by atoms with Gasteiger partial charge in [0.1, 0.15) is 0 Å². The average molecular weight is 260 g/mol. The Balaban J connectivity index is 1.46. The minimum absolute atomic E-state index is 0.422. The van der Waals surface area contributed by atoms with Gasteiger partial charge in [0.25, 0.3) is 0 Å². The fraction of sp³-hybridized carbons (Fsp3) is 0.625. The van der Waals surface area contributed by atoms with Gasteiger partial charge in [-0.15, -0.1) is 0 Å². The molecular weight excluding hydrogens is 236 g/mol. The highest BCUT2D eigenvalue weighted by molar-refractivity contribution is 5.57. The van der Waals surface area contributed by atoms with Gasteiger partial charge in [-0.2, -0.15) is 0 Å². The lowest BCUT2D eigenvalue weighted by Gasteiger charge is -2.23. The molecule has 104 valence electrons. The van der Waals surface area contributed by atoms with E-state index in [1.165, 1.54) is 30.5 Å². The normalized spacial score (nSPS) is 23.6. The van der Waals surface area contributed by atoms with Crippen molar-refractivity contribution in [2.24, 2.45) is 0 Å². The molecule has 3 nitrogen and oxygen atoms in total. The molecule has 0 saturated carbocycles. The van der Waals surface area contributed by atoms with Crippen LogP contribution in [0.15, 0.2) is 24.3 Å². The lowest BCUT2D eigenvalue weighted by atomic mass is 10.1. The van der Waals surface area contributed by atoms with Crippen molar-refractivity contribution < 1.29 is 4.74 Å². The predicted octanol–water partition coefficient (Wildman–Crippen LogP) is 2.21. The minimum Gasteiger partial charge on any atom is -0.377 e. The Bertz CT molecular complexity index is 415. The maximum atomic E-state index is 5.72. The molecule has 0 radical (unpaired) electrons. The Morgan fingerprint density at radius 3 is 3.16 bits per heavy atom. The summed E-state index contributed by atoms with van der Waals surface area (Å²) in [5.74, 6) is 0. The molecule has 2 aliphatic heterocycles. The number of ether oxygens (including phenoxy) is 1. The summed E-state index contributed by atoms with van der Waals surface area (Å²) in [6.45, 7) is 6.48. The Morgan fingerprint density at radius 1 is 1.42 bits per heavy atom. The third kappa shape index (κ3) is 2.93. The van der Waals surface area contributed by atoms with Gasteiger partial charge in [-0.25, -0.2) is 0 Å². The van der Waals surface area contributed by atoms with E-state index in [1.54, 1.807) is 0 Å². The molecule has 1 fully saturated rings. The SMILES string of the molecule is CC(NCCN1CCc2ccccc21)C1CCCO1. The van der Waals surface area contributed by atoms with E-state index in [2.05, 4.69) is 41.4 Å². The summed E-state index contributed by atoms with van der Waals surface area (Å²) in [6, 6.07) is 9.24. The maximum absolute atomic E-state index is 5.72. The molecule has 2 aliphatic rings. The molecule has 1 N–H and O–H groups in total. The molecule has 0 aromatic heterocycles. The first kappa shape index (κ1) is 12.9. The van der Waals surface area contributed by atoms with Crippen molar-refractivity contribution >= 4 is 5.69 Å². The number of hydrogen-bond acceptors (Lipinski definition) is 3. The van der Waals surface area contributed by atoms with Crippen molar-refractivity contribution in [1.82, 2.24) is 5.32 Å². The quantitative estimate of drug-likeness (QED) is 0.878. The standard InChI is InChI=1S/C16H24N2O/c1-13(16-7-4-12-19-16)17-9-11-18-10-8-14-5-2-3-6-15(14)18/h2-3,5-6,13,16-17H,4,7-12H2,1H3. The van der Waals surface area contributed by atoms with Crippen LogP contribution in [0.4, 0.5) is 5.69 Å². The number of nitrogens with one attached hydrogen (secondary N) is 1. The lowest BCUT2D eigenvalue weighted by Crippen LogP contribution is -2.41. The monoisotopic (exact) mass is 260 g/mol. The molecule has 3 heteroatoms. The van der Waals surface area contributed by atoms with Crippen LogP contribution in [0.2, 0.25) is 0 Å². The average Bonchev–Trinajstić information content (AvgIpc) is 3.08. The molecule has 0 spiro atoms. The topological polar surface area (TPSA) is 24.5 Å². The second kappa shape index (κ2) is 5.93. The molecule has 0 amide bonds. The fourth-order valence-electron chi connectivity index (χ4n) is 3.19. The van der Waals surface area contributed by atoms with Gasteiger partial charge in [0.15, 0.2) is 0 Å². The molecule has 0 bridgehead atoms. The zero-order valence-corrected chi connectivity index (χ0v) is 11.8. The van der Waals surface area contributed by atoms with E-state index in [0.717, 1.165) is 26.2 Å². The summed E-state index contributed by atoms with van der Waals surface area (Å²) in [5.41, 5.74) is 2.92. The summed E-state index contributed by atoms with van der Waals surface area (Å²) in [7, 11) is 0. The molecule has 2 atom stereocenters. The number of anilines is 1. The van der Waals surface area contributed by atoms with Crippen LogP contribution >= 0.6 is 0 Å². The largest absolute Gasteiger partial charge is 0.377 e. The predicted molar refractivity (Wildman–Crippen MR) is 78.8 cm³/mol. The van der Waals surface area contributed by atoms with Gasteiger partial charge in [-0.1, -0.05) is 18.2 Å². The minimum atomic E-state index is 0.422. The Kier molecular flexibility index (Phi) is 4.04. The summed E-state index contributed by atoms with van der Waals surface area (Å²) < 4.78 is 5.72. The van der Waals surface area contributed by atoms with Crippen LogP contribution in [0, 0.1) is 0 Å². The van der Waals surface area contributed by atoms with Gasteiger partial charge in [-0.05, 0) is 37.8 Å². The second-order valence-corrected chi connectivity index (χ2v) is 5.66. The Hall–Kier alpha value is -1.06. The van der Waals surface area contributed by atoms with Gasteiger partial charge < -0.3 is 15.0 Å². The van der Waals surface area contributed by atoms with Gasteiger partial charge >= 0.3 is 0 Å². The molecule has 1 aromatic carbocycles. The van der Waals surface area contributed by atoms with E-state index >= 15 is 0 Å².